The molecule has 1 aromatic heterocycles. The molecule has 5 rings (SSSR count). The number of halogens is 1. The summed E-state index contributed by atoms with van der Waals surface area (Å²) < 4.78 is 16.9. The largest absolute Gasteiger partial charge is 0.324 e. The average Bonchev–Trinajstić information content (AvgIpc) is 3.43. The van der Waals surface area contributed by atoms with Crippen LogP contribution < -0.4 is 0 Å². The predicted molar refractivity (Wildman–Crippen MR) is 145 cm³/mol. The van der Waals surface area contributed by atoms with Crippen molar-refractivity contribution in [3.05, 3.63) is 138 Å². The lowest BCUT2D eigenvalue weighted by Gasteiger charge is -2.46. The summed E-state index contributed by atoms with van der Waals surface area (Å²) in [5.41, 5.74) is 2.75. The Hall–Kier alpha value is -3.76. The van der Waals surface area contributed by atoms with E-state index in [9.17, 15) is 4.39 Å². The molecule has 0 spiro atoms. The van der Waals surface area contributed by atoms with Crippen LogP contribution in [0.2, 0.25) is 0 Å². The highest BCUT2D eigenvalue weighted by Crippen LogP contribution is 2.41. The molecule has 1 atom stereocenters. The van der Waals surface area contributed by atoms with Gasteiger partial charge in [0, 0.05) is 18.9 Å². The van der Waals surface area contributed by atoms with Gasteiger partial charge in [0.25, 0.3) is 0 Å². The first-order valence-corrected chi connectivity index (χ1v) is 12.7. The van der Waals surface area contributed by atoms with Gasteiger partial charge in [0.1, 0.15) is 5.82 Å². The van der Waals surface area contributed by atoms with Crippen molar-refractivity contribution in [2.45, 2.75) is 38.4 Å². The lowest BCUT2D eigenvalue weighted by molar-refractivity contribution is 0.0812. The summed E-state index contributed by atoms with van der Waals surface area (Å²) in [6, 6.07) is 32.8. The number of hydrogen-bond donors (Lipinski definition) is 0. The first-order chi connectivity index (χ1) is 17.7. The molecule has 3 nitrogen and oxygen atoms in total. The zero-order chi connectivity index (χ0) is 24.8. The second-order valence-electron chi connectivity index (χ2n) is 9.43. The molecule has 0 N–H and O–H groups in total. The molecule has 182 valence electrons. The van der Waals surface area contributed by atoms with Gasteiger partial charge in [0.15, 0.2) is 0 Å². The highest BCUT2D eigenvalue weighted by atomic mass is 19.1. The minimum atomic E-state index is -0.578. The van der Waals surface area contributed by atoms with Gasteiger partial charge >= 0.3 is 0 Å². The Kier molecular flexibility index (Phi) is 7.24. The lowest BCUT2D eigenvalue weighted by atomic mass is 9.76. The molecule has 1 unspecified atom stereocenters. The molecule has 0 aliphatic heterocycles. The van der Waals surface area contributed by atoms with E-state index in [2.05, 4.69) is 94.2 Å². The van der Waals surface area contributed by atoms with Gasteiger partial charge in [-0.3, -0.25) is 4.90 Å². The van der Waals surface area contributed by atoms with Crippen LogP contribution >= 0.6 is 0 Å². The molecule has 36 heavy (non-hydrogen) atoms. The molecule has 4 aromatic carbocycles. The maximum absolute atomic E-state index is 14.8. The maximum Gasteiger partial charge on any atom is 0.123 e. The molecule has 0 saturated carbocycles. The van der Waals surface area contributed by atoms with Crippen LogP contribution in [0.3, 0.4) is 0 Å². The number of imidazole rings is 1. The quantitative estimate of drug-likeness (QED) is 0.209. The van der Waals surface area contributed by atoms with E-state index in [0.29, 0.717) is 13.1 Å². The monoisotopic (exact) mass is 477 g/mol. The molecule has 1 heterocycles. The van der Waals surface area contributed by atoms with Crippen LogP contribution in [-0.4, -0.2) is 21.0 Å². The fourth-order valence-corrected chi connectivity index (χ4v) is 5.25. The van der Waals surface area contributed by atoms with Crippen molar-refractivity contribution >= 4 is 10.8 Å². The number of fused-ring (bicyclic) bond motifs is 1. The van der Waals surface area contributed by atoms with Crippen molar-refractivity contribution in [3.8, 4) is 0 Å². The maximum atomic E-state index is 14.8. The van der Waals surface area contributed by atoms with Crippen molar-refractivity contribution in [2.24, 2.45) is 0 Å². The van der Waals surface area contributed by atoms with Crippen LogP contribution in [0, 0.1) is 5.82 Å². The summed E-state index contributed by atoms with van der Waals surface area (Å²) in [6.07, 6.45) is 8.49. The zero-order valence-corrected chi connectivity index (χ0v) is 20.7. The third-order valence-electron chi connectivity index (χ3n) is 7.04. The van der Waals surface area contributed by atoms with E-state index in [0.717, 1.165) is 30.5 Å². The number of benzene rings is 4. The Bertz CT molecular complexity index is 1400. The van der Waals surface area contributed by atoms with Crippen molar-refractivity contribution in [3.63, 3.8) is 0 Å². The molecule has 5 aromatic rings. The zero-order valence-electron chi connectivity index (χ0n) is 20.7. The van der Waals surface area contributed by atoms with Crippen LogP contribution in [0.15, 0.2) is 116 Å². The van der Waals surface area contributed by atoms with Crippen molar-refractivity contribution in [1.29, 1.82) is 0 Å². The highest BCUT2D eigenvalue weighted by Gasteiger charge is 2.40. The Morgan fingerprint density at radius 3 is 2.36 bits per heavy atom. The van der Waals surface area contributed by atoms with Gasteiger partial charge in [-0.05, 0) is 52.4 Å². The molecule has 4 heteroatoms. The van der Waals surface area contributed by atoms with Crippen molar-refractivity contribution in [2.75, 3.05) is 6.54 Å². The molecule has 0 fully saturated rings. The van der Waals surface area contributed by atoms with Crippen LogP contribution in [0.5, 0.6) is 0 Å². The summed E-state index contributed by atoms with van der Waals surface area (Å²) in [5.74, 6) is -0.218. The van der Waals surface area contributed by atoms with Crippen LogP contribution in [0.25, 0.3) is 10.8 Å². The normalized spacial score (nSPS) is 13.2. The molecule has 0 amide bonds. The minimum absolute atomic E-state index is 0.218. The molecule has 0 aliphatic carbocycles. The van der Waals surface area contributed by atoms with Crippen molar-refractivity contribution < 1.29 is 4.39 Å². The van der Waals surface area contributed by atoms with Gasteiger partial charge in [0.2, 0.25) is 0 Å². The Morgan fingerprint density at radius 2 is 1.61 bits per heavy atom. The van der Waals surface area contributed by atoms with E-state index < -0.39 is 5.54 Å². The van der Waals surface area contributed by atoms with Gasteiger partial charge in [-0.1, -0.05) is 98.3 Å². The number of nitrogens with zero attached hydrogens (tertiary/aromatic N) is 3. The summed E-state index contributed by atoms with van der Waals surface area (Å²) in [7, 11) is 0. The van der Waals surface area contributed by atoms with Gasteiger partial charge in [-0.2, -0.15) is 0 Å². The van der Waals surface area contributed by atoms with E-state index in [1.807, 2.05) is 30.9 Å². The Morgan fingerprint density at radius 1 is 0.833 bits per heavy atom. The topological polar surface area (TPSA) is 21.1 Å². The van der Waals surface area contributed by atoms with Crippen LogP contribution in [-0.2, 0) is 18.6 Å². The molecular weight excluding hydrogens is 445 g/mol. The summed E-state index contributed by atoms with van der Waals surface area (Å²) in [4.78, 5) is 6.79. The van der Waals surface area contributed by atoms with E-state index in [1.54, 1.807) is 6.07 Å². The molecule has 0 radical (unpaired) electrons. The third kappa shape index (κ3) is 4.95. The van der Waals surface area contributed by atoms with E-state index in [1.165, 1.54) is 22.4 Å². The first-order valence-electron chi connectivity index (χ1n) is 12.7. The molecule has 0 bridgehead atoms. The Balaban J connectivity index is 1.73. The number of hydrogen-bond acceptors (Lipinski definition) is 2. The molecule has 0 saturated heterocycles. The fraction of sp³-hybridized carbons (Fsp3) is 0.219. The number of unbranched alkanes of at least 4 members (excludes halogenated alkanes) is 1. The summed E-state index contributed by atoms with van der Waals surface area (Å²) in [6.45, 7) is 3.73. The SMILES string of the molecule is CCCCN(Cn1ccnc1)C(Cc1ccc2ccccc2c1)(c1ccccc1)c1cccc(F)c1. The second-order valence-corrected chi connectivity index (χ2v) is 9.43. The standard InChI is InChI=1S/C32H32FN3/c1-2-3-19-36(25-35-20-18-34-24-35)32(29-12-5-4-6-13-29,30-14-9-15-31(33)22-30)23-26-16-17-27-10-7-8-11-28(27)21-26/h4-18,20-22,24H,2-3,19,23,25H2,1H3. The third-order valence-corrected chi connectivity index (χ3v) is 7.04. The van der Waals surface area contributed by atoms with Gasteiger partial charge in [-0.15, -0.1) is 0 Å². The number of rotatable bonds is 10. The van der Waals surface area contributed by atoms with Crippen LogP contribution in [0.4, 0.5) is 4.39 Å². The average molecular weight is 478 g/mol. The second kappa shape index (κ2) is 10.9. The lowest BCUT2D eigenvalue weighted by Crippen LogP contribution is -2.50. The van der Waals surface area contributed by atoms with E-state index in [-0.39, 0.29) is 5.82 Å². The Labute approximate surface area is 212 Å². The smallest absolute Gasteiger partial charge is 0.123 e. The minimum Gasteiger partial charge on any atom is -0.324 e. The van der Waals surface area contributed by atoms with Gasteiger partial charge < -0.3 is 4.57 Å². The van der Waals surface area contributed by atoms with E-state index in [4.69, 9.17) is 0 Å². The van der Waals surface area contributed by atoms with Gasteiger partial charge in [-0.25, -0.2) is 9.37 Å². The van der Waals surface area contributed by atoms with Crippen molar-refractivity contribution in [1.82, 2.24) is 14.5 Å². The summed E-state index contributed by atoms with van der Waals surface area (Å²) in [5, 5.41) is 2.43. The highest BCUT2D eigenvalue weighted by molar-refractivity contribution is 5.83. The van der Waals surface area contributed by atoms with Crippen LogP contribution in [0.1, 0.15) is 36.5 Å². The molecular formula is C32H32FN3. The fourth-order valence-electron chi connectivity index (χ4n) is 5.25. The van der Waals surface area contributed by atoms with Gasteiger partial charge in [0.05, 0.1) is 18.5 Å². The summed E-state index contributed by atoms with van der Waals surface area (Å²) >= 11 is 0. The van der Waals surface area contributed by atoms with E-state index >= 15 is 0 Å². The predicted octanol–water partition coefficient (Wildman–Crippen LogP) is 7.42. The molecule has 0 aliphatic rings. The number of aromatic nitrogens is 2. The first kappa shape index (κ1) is 24.0.